The Balaban J connectivity index is 2.22. The molecule has 1 aromatic carbocycles. The van der Waals surface area contributed by atoms with Crippen LogP contribution in [0.3, 0.4) is 0 Å². The number of hydrogen-bond donors (Lipinski definition) is 2. The van der Waals surface area contributed by atoms with E-state index in [1.807, 2.05) is 0 Å². The van der Waals surface area contributed by atoms with Crippen molar-refractivity contribution >= 4 is 23.1 Å². The minimum absolute atomic E-state index is 0.126. The maximum Gasteiger partial charge on any atom is 0.162 e. The number of thioether (sulfide) groups is 1. The van der Waals surface area contributed by atoms with E-state index in [1.54, 1.807) is 24.9 Å². The van der Waals surface area contributed by atoms with Crippen molar-refractivity contribution in [2.75, 3.05) is 44.0 Å². The molecule has 1 aliphatic heterocycles. The van der Waals surface area contributed by atoms with E-state index in [4.69, 9.17) is 20.9 Å². The topological polar surface area (TPSA) is 73.7 Å². The second-order valence-corrected chi connectivity index (χ2v) is 5.81. The number of fused-ring (bicyclic) bond motifs is 1. The van der Waals surface area contributed by atoms with Crippen molar-refractivity contribution in [1.29, 1.82) is 0 Å². The van der Waals surface area contributed by atoms with Crippen LogP contribution < -0.4 is 20.9 Å². The molecular weight excluding hydrogens is 274 g/mol. The van der Waals surface area contributed by atoms with Crippen molar-refractivity contribution in [2.24, 2.45) is 0 Å². The quantitative estimate of drug-likeness (QED) is 0.810. The number of nitrogens with zero attached hydrogens (tertiary/aromatic N) is 1. The van der Waals surface area contributed by atoms with Crippen molar-refractivity contribution in [3.63, 3.8) is 0 Å². The average molecular weight is 297 g/mol. The third kappa shape index (κ3) is 2.91. The van der Waals surface area contributed by atoms with Crippen molar-refractivity contribution in [1.82, 2.24) is 4.90 Å². The minimum atomic E-state index is 0.126. The first-order chi connectivity index (χ1) is 9.60. The third-order valence-electron chi connectivity index (χ3n) is 3.54. The average Bonchev–Trinajstić information content (AvgIpc) is 2.48. The molecule has 0 spiro atoms. The highest BCUT2D eigenvalue weighted by atomic mass is 32.2. The van der Waals surface area contributed by atoms with Gasteiger partial charge in [-0.05, 0) is 13.1 Å². The number of rotatable bonds is 5. The summed E-state index contributed by atoms with van der Waals surface area (Å²) in [4.78, 5) is 3.27. The molecule has 4 N–H and O–H groups in total. The first-order valence-electron chi connectivity index (χ1n) is 6.88. The molecule has 2 rings (SSSR count). The van der Waals surface area contributed by atoms with Gasteiger partial charge in [-0.15, -0.1) is 11.8 Å². The summed E-state index contributed by atoms with van der Waals surface area (Å²) in [7, 11) is 1.58. The van der Waals surface area contributed by atoms with Crippen LogP contribution in [0, 0.1) is 0 Å². The van der Waals surface area contributed by atoms with Crippen LogP contribution in [0.1, 0.15) is 13.8 Å². The lowest BCUT2D eigenvalue weighted by molar-refractivity contribution is 0.151. The van der Waals surface area contributed by atoms with Gasteiger partial charge in [0.15, 0.2) is 5.75 Å². The van der Waals surface area contributed by atoms with Gasteiger partial charge in [-0.1, -0.05) is 13.8 Å². The molecule has 0 saturated heterocycles. The zero-order valence-corrected chi connectivity index (χ0v) is 13.1. The van der Waals surface area contributed by atoms with Gasteiger partial charge in [0, 0.05) is 18.4 Å². The smallest absolute Gasteiger partial charge is 0.162 e. The summed E-state index contributed by atoms with van der Waals surface area (Å²) >= 11 is 1.71. The maximum atomic E-state index is 6.11. The summed E-state index contributed by atoms with van der Waals surface area (Å²) in [6, 6.07) is 1.76. The fourth-order valence-corrected chi connectivity index (χ4v) is 3.36. The molecule has 112 valence electrons. The molecule has 0 aliphatic carbocycles. The summed E-state index contributed by atoms with van der Waals surface area (Å²) in [5.41, 5.74) is 13.3. The highest BCUT2D eigenvalue weighted by Crippen LogP contribution is 2.47. The predicted octanol–water partition coefficient (Wildman–Crippen LogP) is 2.05. The van der Waals surface area contributed by atoms with E-state index in [9.17, 15) is 0 Å². The number of nitrogens with two attached hydrogens (primary N) is 2. The first-order valence-corrected chi connectivity index (χ1v) is 7.86. The summed E-state index contributed by atoms with van der Waals surface area (Å²) in [5, 5.41) is 0. The summed E-state index contributed by atoms with van der Waals surface area (Å²) in [5.74, 6) is 2.14. The van der Waals surface area contributed by atoms with Gasteiger partial charge in [-0.25, -0.2) is 0 Å². The number of hydrogen-bond acceptors (Lipinski definition) is 6. The molecule has 0 saturated carbocycles. The molecule has 1 aliphatic rings. The molecule has 1 aromatic rings. The van der Waals surface area contributed by atoms with E-state index in [-0.39, 0.29) is 6.10 Å². The molecule has 6 heteroatoms. The largest absolute Gasteiger partial charge is 0.494 e. The molecule has 0 bridgehead atoms. The van der Waals surface area contributed by atoms with Gasteiger partial charge in [0.05, 0.1) is 17.7 Å². The van der Waals surface area contributed by atoms with Gasteiger partial charge in [0.25, 0.3) is 0 Å². The van der Waals surface area contributed by atoms with Crippen LogP contribution in [0.15, 0.2) is 11.0 Å². The Kier molecular flexibility index (Phi) is 4.88. The second kappa shape index (κ2) is 6.45. The fourth-order valence-electron chi connectivity index (χ4n) is 2.32. The van der Waals surface area contributed by atoms with Crippen LogP contribution in [0.5, 0.6) is 11.5 Å². The molecule has 1 heterocycles. The normalized spacial score (nSPS) is 17.7. The van der Waals surface area contributed by atoms with Crippen molar-refractivity contribution in [3.8, 4) is 11.5 Å². The van der Waals surface area contributed by atoms with E-state index in [0.29, 0.717) is 22.9 Å². The molecule has 1 atom stereocenters. The molecule has 1 unspecified atom stereocenters. The Labute approximate surface area is 124 Å². The monoisotopic (exact) mass is 297 g/mol. The van der Waals surface area contributed by atoms with E-state index in [1.165, 1.54) is 0 Å². The molecule has 0 radical (unpaired) electrons. The Morgan fingerprint density at radius 3 is 2.70 bits per heavy atom. The SMILES string of the molecule is CCN(CC)CC1CSc2c(N)cc(OC)c(N)c2O1. The minimum Gasteiger partial charge on any atom is -0.494 e. The van der Waals surface area contributed by atoms with Crippen LogP contribution in [-0.2, 0) is 0 Å². The molecule has 0 aromatic heterocycles. The number of methoxy groups -OCH3 is 1. The molecule has 0 fully saturated rings. The van der Waals surface area contributed by atoms with Crippen LogP contribution in [0.4, 0.5) is 11.4 Å². The highest BCUT2D eigenvalue weighted by Gasteiger charge is 2.27. The Morgan fingerprint density at radius 1 is 1.40 bits per heavy atom. The molecule has 0 amide bonds. The van der Waals surface area contributed by atoms with Gasteiger partial charge in [0.1, 0.15) is 17.5 Å². The zero-order valence-electron chi connectivity index (χ0n) is 12.3. The molecular formula is C14H23N3O2S. The number of benzene rings is 1. The van der Waals surface area contributed by atoms with Crippen LogP contribution >= 0.6 is 11.8 Å². The number of anilines is 2. The first kappa shape index (κ1) is 15.1. The van der Waals surface area contributed by atoms with Crippen molar-refractivity contribution in [2.45, 2.75) is 24.8 Å². The second-order valence-electron chi connectivity index (χ2n) is 4.78. The number of likely N-dealkylation sites (N-methyl/N-ethyl adjacent to an activating group) is 1. The summed E-state index contributed by atoms with van der Waals surface area (Å²) < 4.78 is 11.3. The van der Waals surface area contributed by atoms with Gasteiger partial charge in [0.2, 0.25) is 0 Å². The Morgan fingerprint density at radius 2 is 2.10 bits per heavy atom. The highest BCUT2D eigenvalue weighted by molar-refractivity contribution is 7.99. The van der Waals surface area contributed by atoms with Gasteiger partial charge in [-0.3, -0.25) is 0 Å². The summed E-state index contributed by atoms with van der Waals surface area (Å²) in [6.45, 7) is 7.24. The molecule has 5 nitrogen and oxygen atoms in total. The standard InChI is InChI=1S/C14H23N3O2S/c1-4-17(5-2)7-9-8-20-14-10(15)6-11(18-3)12(16)13(14)19-9/h6,9H,4-5,7-8,15-16H2,1-3H3. The van der Waals surface area contributed by atoms with Crippen LogP contribution in [0.25, 0.3) is 0 Å². The Hall–Kier alpha value is -1.27. The van der Waals surface area contributed by atoms with Gasteiger partial charge < -0.3 is 25.8 Å². The van der Waals surface area contributed by atoms with Crippen molar-refractivity contribution in [3.05, 3.63) is 6.07 Å². The maximum absolute atomic E-state index is 6.11. The predicted molar refractivity (Wildman–Crippen MR) is 84.7 cm³/mol. The van der Waals surface area contributed by atoms with Gasteiger partial charge >= 0.3 is 0 Å². The lowest BCUT2D eigenvalue weighted by Crippen LogP contribution is -2.38. The fraction of sp³-hybridized carbons (Fsp3) is 0.571. The lowest BCUT2D eigenvalue weighted by Gasteiger charge is -2.31. The lowest BCUT2D eigenvalue weighted by atomic mass is 10.2. The van der Waals surface area contributed by atoms with E-state index in [0.717, 1.165) is 30.3 Å². The number of nitrogen functional groups attached to an aromatic ring is 2. The summed E-state index contributed by atoms with van der Waals surface area (Å²) in [6.07, 6.45) is 0.126. The zero-order chi connectivity index (χ0) is 14.7. The van der Waals surface area contributed by atoms with E-state index in [2.05, 4.69) is 18.7 Å². The molecule has 20 heavy (non-hydrogen) atoms. The van der Waals surface area contributed by atoms with Gasteiger partial charge in [-0.2, -0.15) is 0 Å². The van der Waals surface area contributed by atoms with Crippen LogP contribution in [-0.4, -0.2) is 43.5 Å². The Bertz CT molecular complexity index is 478. The third-order valence-corrected chi connectivity index (χ3v) is 4.79. The van der Waals surface area contributed by atoms with E-state index < -0.39 is 0 Å². The van der Waals surface area contributed by atoms with Crippen LogP contribution in [0.2, 0.25) is 0 Å². The van der Waals surface area contributed by atoms with E-state index >= 15 is 0 Å². The number of ether oxygens (including phenoxy) is 2. The van der Waals surface area contributed by atoms with Crippen molar-refractivity contribution < 1.29 is 9.47 Å².